The number of nitrogens with zero attached hydrogens (tertiary/aromatic N) is 2. The lowest BCUT2D eigenvalue weighted by Crippen LogP contribution is -2.12. The Kier molecular flexibility index (Phi) is 4.39. The molecule has 0 fully saturated rings. The maximum atomic E-state index is 13.3. The normalized spacial score (nSPS) is 15.4. The zero-order chi connectivity index (χ0) is 20.8. The minimum absolute atomic E-state index is 0.0128. The second-order valence-electron chi connectivity index (χ2n) is 8.28. The Bertz CT molecular complexity index is 1230. The van der Waals surface area contributed by atoms with Gasteiger partial charge in [0.15, 0.2) is 5.78 Å². The van der Waals surface area contributed by atoms with E-state index in [9.17, 15) is 4.79 Å². The summed E-state index contributed by atoms with van der Waals surface area (Å²) >= 11 is 0. The molecule has 0 bridgehead atoms. The Balaban J connectivity index is 1.90. The molecule has 2 heterocycles. The van der Waals surface area contributed by atoms with E-state index in [-0.39, 0.29) is 11.7 Å². The van der Waals surface area contributed by atoms with Crippen molar-refractivity contribution in [3.8, 4) is 28.2 Å². The third kappa shape index (κ3) is 2.89. The van der Waals surface area contributed by atoms with Gasteiger partial charge in [0.2, 0.25) is 0 Å². The Morgan fingerprint density at radius 1 is 0.833 bits per heavy atom. The van der Waals surface area contributed by atoms with Gasteiger partial charge >= 0.3 is 0 Å². The summed E-state index contributed by atoms with van der Waals surface area (Å²) in [6.45, 7) is 6.21. The maximum Gasteiger partial charge on any atom is 0.183 e. The molecule has 1 aliphatic rings. The number of aryl methyl sites for hydroxylation is 2. The quantitative estimate of drug-likeness (QED) is 0.416. The van der Waals surface area contributed by atoms with Crippen LogP contribution in [0.4, 0.5) is 0 Å². The van der Waals surface area contributed by atoms with Gasteiger partial charge in [-0.15, -0.1) is 0 Å². The summed E-state index contributed by atoms with van der Waals surface area (Å²) in [5, 5.41) is 0. The first kappa shape index (κ1) is 18.6. The molecule has 5 rings (SSSR count). The van der Waals surface area contributed by atoms with Crippen LogP contribution in [0.3, 0.4) is 0 Å². The molecule has 2 aromatic heterocycles. The van der Waals surface area contributed by atoms with E-state index in [1.807, 2.05) is 25.1 Å². The molecular formula is C27H24N2O. The average Bonchev–Trinajstić information content (AvgIpc) is 3.23. The van der Waals surface area contributed by atoms with Crippen molar-refractivity contribution in [2.45, 2.75) is 27.2 Å². The summed E-state index contributed by atoms with van der Waals surface area (Å²) in [7, 11) is 0. The van der Waals surface area contributed by atoms with Gasteiger partial charge < -0.3 is 0 Å². The van der Waals surface area contributed by atoms with Crippen molar-refractivity contribution in [2.75, 3.05) is 0 Å². The predicted molar refractivity (Wildman–Crippen MR) is 121 cm³/mol. The van der Waals surface area contributed by atoms with Gasteiger partial charge in [0.1, 0.15) is 5.82 Å². The van der Waals surface area contributed by atoms with Gasteiger partial charge in [-0.05, 0) is 49.1 Å². The number of pyridine rings is 1. The van der Waals surface area contributed by atoms with Gasteiger partial charge in [0, 0.05) is 17.7 Å². The molecule has 3 nitrogen and oxygen atoms in total. The molecule has 148 valence electrons. The van der Waals surface area contributed by atoms with E-state index in [2.05, 4.69) is 71.9 Å². The monoisotopic (exact) mass is 392 g/mol. The molecule has 4 aromatic rings. The Morgan fingerprint density at radius 3 is 2.07 bits per heavy atom. The number of rotatable bonds is 3. The van der Waals surface area contributed by atoms with Crippen LogP contribution in [0.5, 0.6) is 0 Å². The Hall–Kier alpha value is -3.46. The van der Waals surface area contributed by atoms with Crippen LogP contribution >= 0.6 is 0 Å². The smallest absolute Gasteiger partial charge is 0.183 e. The van der Waals surface area contributed by atoms with E-state index in [0.29, 0.717) is 0 Å². The van der Waals surface area contributed by atoms with Gasteiger partial charge in [-0.3, -0.25) is 9.36 Å². The van der Waals surface area contributed by atoms with Gasteiger partial charge in [-0.1, -0.05) is 72.6 Å². The molecule has 0 aliphatic heterocycles. The standard InChI is InChI=1S/C27H24N2O/c1-17-7-11-20(12-8-17)24-22-16-19(3)27(30)26(22)29(23-6-4-5-15-28-23)25(24)21-13-9-18(2)10-14-21/h4-15,19H,16H2,1-3H3. The third-order valence-electron chi connectivity index (χ3n) is 6.01. The van der Waals surface area contributed by atoms with Crippen molar-refractivity contribution in [2.24, 2.45) is 5.92 Å². The topological polar surface area (TPSA) is 34.9 Å². The first-order valence-electron chi connectivity index (χ1n) is 10.4. The number of hydrogen-bond donors (Lipinski definition) is 0. The number of benzene rings is 2. The summed E-state index contributed by atoms with van der Waals surface area (Å²) < 4.78 is 2.08. The van der Waals surface area contributed by atoms with E-state index >= 15 is 0 Å². The van der Waals surface area contributed by atoms with Crippen molar-refractivity contribution in [1.29, 1.82) is 0 Å². The number of carbonyl (C=O) groups excluding carboxylic acids is 1. The van der Waals surface area contributed by atoms with Crippen LogP contribution < -0.4 is 0 Å². The van der Waals surface area contributed by atoms with Crippen molar-refractivity contribution >= 4 is 5.78 Å². The van der Waals surface area contributed by atoms with Crippen LogP contribution in [0.2, 0.25) is 0 Å². The van der Waals surface area contributed by atoms with Crippen molar-refractivity contribution in [3.05, 3.63) is 95.3 Å². The first-order valence-corrected chi connectivity index (χ1v) is 10.4. The lowest BCUT2D eigenvalue weighted by Gasteiger charge is -2.15. The fraction of sp³-hybridized carbons (Fsp3) is 0.185. The SMILES string of the molecule is Cc1ccc(-c2c3c(n(-c4ccccn4)c2-c2ccc(C)cc2)C(=O)C(C)C3)cc1. The Labute approximate surface area is 177 Å². The van der Waals surface area contributed by atoms with E-state index in [0.717, 1.165) is 45.9 Å². The van der Waals surface area contributed by atoms with Crippen LogP contribution in [0.25, 0.3) is 28.2 Å². The van der Waals surface area contributed by atoms with Crippen LogP contribution in [0.1, 0.15) is 34.1 Å². The molecule has 1 aliphatic carbocycles. The van der Waals surface area contributed by atoms with E-state index in [1.54, 1.807) is 6.20 Å². The zero-order valence-corrected chi connectivity index (χ0v) is 17.5. The zero-order valence-electron chi connectivity index (χ0n) is 17.5. The molecular weight excluding hydrogens is 368 g/mol. The second-order valence-corrected chi connectivity index (χ2v) is 8.28. The highest BCUT2D eigenvalue weighted by molar-refractivity contribution is 6.06. The summed E-state index contributed by atoms with van der Waals surface area (Å²) in [6.07, 6.45) is 2.55. The fourth-order valence-corrected chi connectivity index (χ4v) is 4.44. The van der Waals surface area contributed by atoms with Crippen molar-refractivity contribution in [3.63, 3.8) is 0 Å². The molecule has 0 saturated carbocycles. The maximum absolute atomic E-state index is 13.3. The van der Waals surface area contributed by atoms with Crippen molar-refractivity contribution in [1.82, 2.24) is 9.55 Å². The highest BCUT2D eigenvalue weighted by Gasteiger charge is 2.37. The number of fused-ring (bicyclic) bond motifs is 1. The molecule has 0 saturated heterocycles. The van der Waals surface area contributed by atoms with Gasteiger partial charge in [-0.2, -0.15) is 0 Å². The summed E-state index contributed by atoms with van der Waals surface area (Å²) in [5.74, 6) is 0.966. The van der Waals surface area contributed by atoms with E-state index in [1.165, 1.54) is 11.1 Å². The molecule has 0 spiro atoms. The highest BCUT2D eigenvalue weighted by Crippen LogP contribution is 2.45. The lowest BCUT2D eigenvalue weighted by molar-refractivity contribution is 0.0940. The van der Waals surface area contributed by atoms with Gasteiger partial charge in [0.05, 0.1) is 11.4 Å². The van der Waals surface area contributed by atoms with E-state index in [4.69, 9.17) is 0 Å². The molecule has 0 N–H and O–H groups in total. The molecule has 0 radical (unpaired) electrons. The fourth-order valence-electron chi connectivity index (χ4n) is 4.44. The Morgan fingerprint density at radius 2 is 1.47 bits per heavy atom. The molecule has 1 atom stereocenters. The molecule has 0 amide bonds. The predicted octanol–water partition coefficient (Wildman–Crippen LogP) is 6.20. The van der Waals surface area contributed by atoms with Gasteiger partial charge in [-0.25, -0.2) is 4.98 Å². The minimum atomic E-state index is -0.0128. The number of ketones is 1. The largest absolute Gasteiger partial charge is 0.292 e. The lowest BCUT2D eigenvalue weighted by atomic mass is 9.95. The number of Topliss-reactive ketones (excluding diaryl/α,β-unsaturated/α-hetero) is 1. The summed E-state index contributed by atoms with van der Waals surface area (Å²) in [6, 6.07) is 23.0. The van der Waals surface area contributed by atoms with Crippen molar-refractivity contribution < 1.29 is 4.79 Å². The minimum Gasteiger partial charge on any atom is -0.292 e. The number of hydrogen-bond acceptors (Lipinski definition) is 2. The molecule has 2 aromatic carbocycles. The summed E-state index contributed by atoms with van der Waals surface area (Å²) in [4.78, 5) is 17.9. The molecule has 1 unspecified atom stereocenters. The second kappa shape index (κ2) is 7.10. The molecule has 3 heteroatoms. The van der Waals surface area contributed by atoms with Crippen LogP contribution in [0.15, 0.2) is 72.9 Å². The van der Waals surface area contributed by atoms with Crippen LogP contribution in [0, 0.1) is 19.8 Å². The molecule has 30 heavy (non-hydrogen) atoms. The third-order valence-corrected chi connectivity index (χ3v) is 6.01. The number of aromatic nitrogens is 2. The number of carbonyl (C=O) groups is 1. The van der Waals surface area contributed by atoms with Crippen LogP contribution in [-0.4, -0.2) is 15.3 Å². The van der Waals surface area contributed by atoms with E-state index < -0.39 is 0 Å². The first-order chi connectivity index (χ1) is 14.5. The average molecular weight is 393 g/mol. The highest BCUT2D eigenvalue weighted by atomic mass is 16.1. The van der Waals surface area contributed by atoms with Gasteiger partial charge in [0.25, 0.3) is 0 Å². The summed E-state index contributed by atoms with van der Waals surface area (Å²) in [5.41, 5.74) is 8.79. The van der Waals surface area contributed by atoms with Crippen LogP contribution in [-0.2, 0) is 6.42 Å².